The van der Waals surface area contributed by atoms with E-state index in [0.29, 0.717) is 52.3 Å². The first kappa shape index (κ1) is 24.1. The predicted molar refractivity (Wildman–Crippen MR) is 133 cm³/mol. The maximum atomic E-state index is 12.8. The fraction of sp³-hybridized carbons (Fsp3) is 0.250. The number of rotatable bonds is 6. The molecule has 4 N–H and O–H groups in total. The summed E-state index contributed by atoms with van der Waals surface area (Å²) in [5, 5.41) is 15.9. The van der Waals surface area contributed by atoms with Crippen LogP contribution in [0.5, 0.6) is 0 Å². The van der Waals surface area contributed by atoms with Crippen molar-refractivity contribution in [1.29, 1.82) is 5.26 Å². The molecule has 0 bridgehead atoms. The van der Waals surface area contributed by atoms with Crippen LogP contribution in [0.2, 0.25) is 0 Å². The second-order valence-corrected chi connectivity index (χ2v) is 8.77. The molecule has 35 heavy (non-hydrogen) atoms. The van der Waals surface area contributed by atoms with Crippen molar-refractivity contribution in [1.82, 2.24) is 25.2 Å². The summed E-state index contributed by atoms with van der Waals surface area (Å²) in [5.41, 5.74) is 9.09. The highest BCUT2D eigenvalue weighted by molar-refractivity contribution is 7.98. The first-order chi connectivity index (χ1) is 16.9. The highest BCUT2D eigenvalue weighted by Gasteiger charge is 2.20. The van der Waals surface area contributed by atoms with Crippen molar-refractivity contribution >= 4 is 35.1 Å². The molecule has 1 aliphatic rings. The molecule has 1 fully saturated rings. The Morgan fingerprint density at radius 1 is 1.14 bits per heavy atom. The summed E-state index contributed by atoms with van der Waals surface area (Å²) in [7, 11) is 0. The Morgan fingerprint density at radius 3 is 2.57 bits per heavy atom. The van der Waals surface area contributed by atoms with Crippen LogP contribution in [0.4, 0.5) is 11.5 Å². The number of nitrogens with zero attached hydrogens (tertiary/aromatic N) is 5. The van der Waals surface area contributed by atoms with Crippen molar-refractivity contribution in [3.05, 3.63) is 59.4 Å². The quantitative estimate of drug-likeness (QED) is 0.351. The molecule has 0 aliphatic carbocycles. The van der Waals surface area contributed by atoms with E-state index in [2.05, 4.69) is 31.7 Å². The molecule has 178 valence electrons. The van der Waals surface area contributed by atoms with E-state index in [9.17, 15) is 14.9 Å². The van der Waals surface area contributed by atoms with Gasteiger partial charge < -0.3 is 21.3 Å². The average molecular weight is 489 g/mol. The molecular formula is C24H24N8O2S. The van der Waals surface area contributed by atoms with Gasteiger partial charge in [-0.25, -0.2) is 15.0 Å². The van der Waals surface area contributed by atoms with E-state index in [1.54, 1.807) is 35.2 Å². The highest BCUT2D eigenvalue weighted by Crippen LogP contribution is 2.29. The van der Waals surface area contributed by atoms with Crippen LogP contribution < -0.4 is 16.4 Å². The summed E-state index contributed by atoms with van der Waals surface area (Å²) in [6.45, 7) is 4.30. The number of hydrogen-bond acceptors (Lipinski definition) is 9. The first-order valence-electron chi connectivity index (χ1n) is 11.0. The maximum Gasteiger partial charge on any atom is 0.272 e. The molecule has 0 atom stereocenters. The summed E-state index contributed by atoms with van der Waals surface area (Å²) >= 11 is 1.32. The van der Waals surface area contributed by atoms with E-state index in [-0.39, 0.29) is 23.2 Å². The highest BCUT2D eigenvalue weighted by atomic mass is 32.2. The molecule has 1 aliphatic heterocycles. The lowest BCUT2D eigenvalue weighted by molar-refractivity contribution is -0.114. The van der Waals surface area contributed by atoms with Crippen molar-refractivity contribution in [2.75, 3.05) is 37.2 Å². The number of nitrogens with two attached hydrogens (primary N) is 1. The van der Waals surface area contributed by atoms with Crippen LogP contribution >= 0.6 is 11.8 Å². The number of piperazine rings is 1. The average Bonchev–Trinajstić information content (AvgIpc) is 2.87. The summed E-state index contributed by atoms with van der Waals surface area (Å²) in [5.74, 6) is 0.256. The maximum absolute atomic E-state index is 12.8. The monoisotopic (exact) mass is 488 g/mol. The van der Waals surface area contributed by atoms with Gasteiger partial charge in [0.25, 0.3) is 5.91 Å². The number of benzene rings is 1. The van der Waals surface area contributed by atoms with Crippen LogP contribution in [0.15, 0.2) is 47.6 Å². The molecule has 0 spiro atoms. The van der Waals surface area contributed by atoms with Gasteiger partial charge in [-0.1, -0.05) is 30.0 Å². The van der Waals surface area contributed by atoms with Crippen LogP contribution in [-0.2, 0) is 10.5 Å². The molecule has 3 aromatic rings. The minimum atomic E-state index is -0.173. The Hall–Kier alpha value is -4.01. The Labute approximate surface area is 207 Å². The molecular weight excluding hydrogens is 464 g/mol. The summed E-state index contributed by atoms with van der Waals surface area (Å²) in [6, 6.07) is 14.4. The molecule has 3 heterocycles. The van der Waals surface area contributed by atoms with Gasteiger partial charge in [0.05, 0.1) is 11.4 Å². The summed E-state index contributed by atoms with van der Waals surface area (Å²) in [4.78, 5) is 39.2. The SMILES string of the molecule is CC(=O)Nc1ccc(-c2nc(SCc3cccc(C(=O)N4CCNCC4)n3)nc(N)c2C#N)cc1. The van der Waals surface area contributed by atoms with Gasteiger partial charge in [0.15, 0.2) is 5.16 Å². The molecule has 11 heteroatoms. The van der Waals surface area contributed by atoms with E-state index < -0.39 is 0 Å². The largest absolute Gasteiger partial charge is 0.382 e. The zero-order valence-electron chi connectivity index (χ0n) is 19.1. The Morgan fingerprint density at radius 2 is 1.89 bits per heavy atom. The van der Waals surface area contributed by atoms with E-state index >= 15 is 0 Å². The molecule has 1 saturated heterocycles. The fourth-order valence-electron chi connectivity index (χ4n) is 3.60. The molecule has 1 aromatic carbocycles. The zero-order valence-corrected chi connectivity index (χ0v) is 19.9. The lowest BCUT2D eigenvalue weighted by atomic mass is 10.1. The van der Waals surface area contributed by atoms with Gasteiger partial charge in [-0.15, -0.1) is 0 Å². The van der Waals surface area contributed by atoms with Gasteiger partial charge in [-0.05, 0) is 24.3 Å². The smallest absolute Gasteiger partial charge is 0.272 e. The lowest BCUT2D eigenvalue weighted by Crippen LogP contribution is -2.46. The van der Waals surface area contributed by atoms with Gasteiger partial charge >= 0.3 is 0 Å². The van der Waals surface area contributed by atoms with Gasteiger partial charge in [0.2, 0.25) is 5.91 Å². The third kappa shape index (κ3) is 5.92. The number of carbonyl (C=O) groups excluding carboxylic acids is 2. The molecule has 0 radical (unpaired) electrons. The number of nitrogen functional groups attached to an aromatic ring is 1. The van der Waals surface area contributed by atoms with Gasteiger partial charge in [-0.3, -0.25) is 9.59 Å². The van der Waals surface area contributed by atoms with Gasteiger partial charge in [0.1, 0.15) is 23.1 Å². The third-order valence-electron chi connectivity index (χ3n) is 5.29. The van der Waals surface area contributed by atoms with Crippen molar-refractivity contribution in [3.8, 4) is 17.3 Å². The second kappa shape index (κ2) is 10.9. The van der Waals surface area contributed by atoms with E-state index in [1.165, 1.54) is 18.7 Å². The minimum Gasteiger partial charge on any atom is -0.382 e. The second-order valence-electron chi connectivity index (χ2n) is 7.83. The Balaban J connectivity index is 1.52. The van der Waals surface area contributed by atoms with E-state index in [1.807, 2.05) is 12.1 Å². The van der Waals surface area contributed by atoms with Crippen molar-refractivity contribution in [2.45, 2.75) is 17.8 Å². The third-order valence-corrected chi connectivity index (χ3v) is 6.17. The molecule has 0 unspecified atom stereocenters. The number of anilines is 2. The number of amides is 2. The van der Waals surface area contributed by atoms with E-state index in [0.717, 1.165) is 13.1 Å². The van der Waals surface area contributed by atoms with E-state index in [4.69, 9.17) is 5.73 Å². The summed E-state index contributed by atoms with van der Waals surface area (Å²) in [6.07, 6.45) is 0. The first-order valence-corrected chi connectivity index (χ1v) is 12.0. The minimum absolute atomic E-state index is 0.0813. The normalized spacial score (nSPS) is 13.2. The van der Waals surface area contributed by atoms with Crippen LogP contribution in [0.1, 0.15) is 28.7 Å². The Bertz CT molecular complexity index is 1280. The predicted octanol–water partition coefficient (Wildman–Crippen LogP) is 2.29. The topological polar surface area (TPSA) is 150 Å². The van der Waals surface area contributed by atoms with Crippen LogP contribution in [0.3, 0.4) is 0 Å². The van der Waals surface area contributed by atoms with Gasteiger partial charge in [0, 0.05) is 50.1 Å². The standard InChI is InChI=1S/C24H24N8O2S/c1-15(33)28-17-7-5-16(6-8-17)21-19(13-25)22(26)31-24(30-21)35-14-18-3-2-4-20(29-18)23(34)32-11-9-27-10-12-32/h2-8,27H,9-12,14H2,1H3,(H,28,33)(H2,26,30,31). The van der Waals surface area contributed by atoms with Crippen molar-refractivity contribution in [3.63, 3.8) is 0 Å². The molecule has 4 rings (SSSR count). The lowest BCUT2D eigenvalue weighted by Gasteiger charge is -2.27. The molecule has 0 saturated carbocycles. The number of carbonyl (C=O) groups is 2. The molecule has 2 aromatic heterocycles. The van der Waals surface area contributed by atoms with Gasteiger partial charge in [-0.2, -0.15) is 5.26 Å². The van der Waals surface area contributed by atoms with Crippen molar-refractivity contribution < 1.29 is 9.59 Å². The zero-order chi connectivity index (χ0) is 24.8. The Kier molecular flexibility index (Phi) is 7.54. The van der Waals surface area contributed by atoms with Crippen LogP contribution in [0, 0.1) is 11.3 Å². The molecule has 2 amide bonds. The van der Waals surface area contributed by atoms with Crippen LogP contribution in [0.25, 0.3) is 11.3 Å². The number of nitrogens with one attached hydrogen (secondary N) is 2. The fourth-order valence-corrected chi connectivity index (χ4v) is 4.36. The molecule has 10 nitrogen and oxygen atoms in total. The van der Waals surface area contributed by atoms with Crippen LogP contribution in [-0.4, -0.2) is 57.8 Å². The number of hydrogen-bond donors (Lipinski definition) is 3. The number of nitriles is 1. The number of thioether (sulfide) groups is 1. The summed E-state index contributed by atoms with van der Waals surface area (Å²) < 4.78 is 0. The number of pyridine rings is 1. The number of aromatic nitrogens is 3. The van der Waals surface area contributed by atoms with Crippen molar-refractivity contribution in [2.24, 2.45) is 0 Å².